The zero-order chi connectivity index (χ0) is 18.6. The molecule has 2 heterocycles. The van der Waals surface area contributed by atoms with Crippen molar-refractivity contribution >= 4 is 18.3 Å². The predicted molar refractivity (Wildman–Crippen MR) is 98.4 cm³/mol. The van der Waals surface area contributed by atoms with E-state index in [4.69, 9.17) is 0 Å². The molecule has 5 nitrogen and oxygen atoms in total. The summed E-state index contributed by atoms with van der Waals surface area (Å²) in [5.41, 5.74) is -0.362. The number of alkyl halides is 3. The number of nitrogens with zero attached hydrogens (tertiary/aromatic N) is 2. The van der Waals surface area contributed by atoms with Crippen molar-refractivity contribution in [2.24, 2.45) is 5.92 Å². The standard InChI is InChI=1S/C18H21F3N4O.ClH/c19-18(20,21)16-7-10-24-25(16)15-5-1-4-14(11-15)17(26)23-9-6-13-3-2-8-22-12-13;/h1,4-5,7,10-11,13,22H,2-3,6,8-9,12H2,(H,23,26);1H. The third-order valence-corrected chi connectivity index (χ3v) is 4.52. The molecule has 1 atom stereocenters. The van der Waals surface area contributed by atoms with Crippen molar-refractivity contribution in [3.8, 4) is 5.69 Å². The number of halogens is 4. The van der Waals surface area contributed by atoms with Crippen LogP contribution in [-0.2, 0) is 6.18 Å². The first kappa shape index (κ1) is 21.2. The average Bonchev–Trinajstić information content (AvgIpc) is 3.13. The van der Waals surface area contributed by atoms with Gasteiger partial charge >= 0.3 is 6.18 Å². The number of amides is 1. The van der Waals surface area contributed by atoms with Crippen molar-refractivity contribution in [3.05, 3.63) is 47.8 Å². The summed E-state index contributed by atoms with van der Waals surface area (Å²) < 4.78 is 39.9. The highest BCUT2D eigenvalue weighted by Crippen LogP contribution is 2.30. The molecule has 9 heteroatoms. The Morgan fingerprint density at radius 3 is 2.85 bits per heavy atom. The highest BCUT2D eigenvalue weighted by Gasteiger charge is 2.35. The van der Waals surface area contributed by atoms with Crippen molar-refractivity contribution in [3.63, 3.8) is 0 Å². The van der Waals surface area contributed by atoms with Crippen molar-refractivity contribution in [1.29, 1.82) is 0 Å². The summed E-state index contributed by atoms with van der Waals surface area (Å²) in [5.74, 6) is 0.255. The van der Waals surface area contributed by atoms with E-state index < -0.39 is 11.9 Å². The fourth-order valence-corrected chi connectivity index (χ4v) is 3.16. The number of hydrogen-bond acceptors (Lipinski definition) is 3. The molecule has 2 N–H and O–H groups in total. The number of benzene rings is 1. The smallest absolute Gasteiger partial charge is 0.352 e. The highest BCUT2D eigenvalue weighted by atomic mass is 35.5. The second kappa shape index (κ2) is 9.23. The summed E-state index contributed by atoms with van der Waals surface area (Å²) in [6, 6.07) is 6.95. The van der Waals surface area contributed by atoms with Crippen LogP contribution >= 0.6 is 12.4 Å². The van der Waals surface area contributed by atoms with E-state index in [1.165, 1.54) is 12.1 Å². The van der Waals surface area contributed by atoms with Gasteiger partial charge in [-0.1, -0.05) is 6.07 Å². The van der Waals surface area contributed by atoms with Crippen LogP contribution in [0.1, 0.15) is 35.3 Å². The minimum absolute atomic E-state index is 0. The van der Waals surface area contributed by atoms with Crippen LogP contribution in [0.4, 0.5) is 13.2 Å². The number of hydrogen-bond donors (Lipinski definition) is 2. The number of carbonyl (C=O) groups is 1. The molecule has 27 heavy (non-hydrogen) atoms. The van der Waals surface area contributed by atoms with Crippen molar-refractivity contribution in [1.82, 2.24) is 20.4 Å². The van der Waals surface area contributed by atoms with Crippen LogP contribution in [0.5, 0.6) is 0 Å². The first-order valence-electron chi connectivity index (χ1n) is 8.66. The zero-order valence-electron chi connectivity index (χ0n) is 14.6. The van der Waals surface area contributed by atoms with Gasteiger partial charge in [0, 0.05) is 12.1 Å². The molecule has 1 saturated heterocycles. The Morgan fingerprint density at radius 1 is 1.33 bits per heavy atom. The Morgan fingerprint density at radius 2 is 2.15 bits per heavy atom. The first-order valence-corrected chi connectivity index (χ1v) is 8.66. The second-order valence-corrected chi connectivity index (χ2v) is 6.43. The molecule has 1 aromatic heterocycles. The Kier molecular flexibility index (Phi) is 7.26. The maximum absolute atomic E-state index is 13.0. The highest BCUT2D eigenvalue weighted by molar-refractivity contribution is 5.94. The minimum Gasteiger partial charge on any atom is -0.352 e. The lowest BCUT2D eigenvalue weighted by Gasteiger charge is -2.22. The van der Waals surface area contributed by atoms with Gasteiger partial charge in [-0.25, -0.2) is 4.68 Å². The maximum Gasteiger partial charge on any atom is 0.433 e. The lowest BCUT2D eigenvalue weighted by molar-refractivity contribution is -0.142. The molecule has 1 fully saturated rings. The Labute approximate surface area is 161 Å². The van der Waals surface area contributed by atoms with Crippen LogP contribution in [0.3, 0.4) is 0 Å². The predicted octanol–water partition coefficient (Wildman–Crippen LogP) is 3.43. The molecule has 1 aliphatic heterocycles. The minimum atomic E-state index is -4.51. The molecule has 1 unspecified atom stereocenters. The van der Waals surface area contributed by atoms with E-state index in [2.05, 4.69) is 15.7 Å². The molecular weight excluding hydrogens is 381 g/mol. The second-order valence-electron chi connectivity index (χ2n) is 6.43. The van der Waals surface area contributed by atoms with Gasteiger partial charge in [0.25, 0.3) is 5.91 Å². The number of piperidine rings is 1. The third-order valence-electron chi connectivity index (χ3n) is 4.52. The SMILES string of the molecule is Cl.O=C(NCCC1CCCNC1)c1cccc(-n2nccc2C(F)(F)F)c1. The number of carbonyl (C=O) groups excluding carboxylic acids is 1. The average molecular weight is 403 g/mol. The topological polar surface area (TPSA) is 59.0 Å². The Bertz CT molecular complexity index is 757. The van der Waals surface area contributed by atoms with E-state index in [-0.39, 0.29) is 24.0 Å². The lowest BCUT2D eigenvalue weighted by Crippen LogP contribution is -2.33. The van der Waals surface area contributed by atoms with E-state index in [0.717, 1.165) is 49.3 Å². The van der Waals surface area contributed by atoms with E-state index in [0.29, 0.717) is 18.0 Å². The van der Waals surface area contributed by atoms with E-state index >= 15 is 0 Å². The van der Waals surface area contributed by atoms with Gasteiger partial charge in [0.1, 0.15) is 5.69 Å². The monoisotopic (exact) mass is 402 g/mol. The van der Waals surface area contributed by atoms with Gasteiger partial charge in [0.05, 0.1) is 11.9 Å². The Balaban J connectivity index is 0.00000261. The first-order chi connectivity index (χ1) is 12.4. The quantitative estimate of drug-likeness (QED) is 0.805. The third kappa shape index (κ3) is 5.46. The molecule has 0 saturated carbocycles. The van der Waals surface area contributed by atoms with Gasteiger partial charge in [-0.15, -0.1) is 12.4 Å². The van der Waals surface area contributed by atoms with E-state index in [1.54, 1.807) is 12.1 Å². The van der Waals surface area contributed by atoms with Crippen molar-refractivity contribution < 1.29 is 18.0 Å². The molecule has 1 aliphatic rings. The molecule has 0 radical (unpaired) electrons. The normalized spacial score (nSPS) is 17.2. The summed E-state index contributed by atoms with van der Waals surface area (Å²) >= 11 is 0. The van der Waals surface area contributed by atoms with E-state index in [1.807, 2.05) is 0 Å². The fourth-order valence-electron chi connectivity index (χ4n) is 3.16. The summed E-state index contributed by atoms with van der Waals surface area (Å²) in [7, 11) is 0. The van der Waals surface area contributed by atoms with Crippen LogP contribution in [0.25, 0.3) is 5.69 Å². The zero-order valence-corrected chi connectivity index (χ0v) is 15.4. The van der Waals surface area contributed by atoms with Gasteiger partial charge in [0.2, 0.25) is 0 Å². The van der Waals surface area contributed by atoms with Crippen LogP contribution in [0, 0.1) is 5.92 Å². The molecule has 1 amide bonds. The Hall–Kier alpha value is -2.06. The largest absolute Gasteiger partial charge is 0.433 e. The molecular formula is C18H22ClF3N4O. The van der Waals surface area contributed by atoms with Crippen LogP contribution in [0.2, 0.25) is 0 Å². The fraction of sp³-hybridized carbons (Fsp3) is 0.444. The summed E-state index contributed by atoms with van der Waals surface area (Å²) in [6.45, 7) is 2.55. The van der Waals surface area contributed by atoms with Gasteiger partial charge < -0.3 is 10.6 Å². The van der Waals surface area contributed by atoms with Crippen molar-refractivity contribution in [2.75, 3.05) is 19.6 Å². The molecule has 3 rings (SSSR count). The van der Waals surface area contributed by atoms with Gasteiger partial charge in [-0.2, -0.15) is 18.3 Å². The molecule has 0 spiro atoms. The van der Waals surface area contributed by atoms with Crippen molar-refractivity contribution in [2.45, 2.75) is 25.4 Å². The van der Waals surface area contributed by atoms with Crippen LogP contribution in [0.15, 0.2) is 36.5 Å². The number of aromatic nitrogens is 2. The summed E-state index contributed by atoms with van der Waals surface area (Å²) in [5, 5.41) is 9.91. The van der Waals surface area contributed by atoms with Gasteiger partial charge in [-0.05, 0) is 62.5 Å². The molecule has 148 valence electrons. The molecule has 2 aromatic rings. The van der Waals surface area contributed by atoms with Crippen LogP contribution < -0.4 is 10.6 Å². The summed E-state index contributed by atoms with van der Waals surface area (Å²) in [6.07, 6.45) is -0.240. The van der Waals surface area contributed by atoms with Gasteiger partial charge in [0.15, 0.2) is 0 Å². The van der Waals surface area contributed by atoms with Crippen LogP contribution in [-0.4, -0.2) is 35.3 Å². The summed E-state index contributed by atoms with van der Waals surface area (Å²) in [4.78, 5) is 12.3. The number of nitrogens with one attached hydrogen (secondary N) is 2. The maximum atomic E-state index is 13.0. The molecule has 0 bridgehead atoms. The molecule has 1 aromatic carbocycles. The van der Waals surface area contributed by atoms with E-state index in [9.17, 15) is 18.0 Å². The number of rotatable bonds is 5. The van der Waals surface area contributed by atoms with Gasteiger partial charge in [-0.3, -0.25) is 4.79 Å². The lowest BCUT2D eigenvalue weighted by atomic mass is 9.96. The molecule has 0 aliphatic carbocycles.